The zero-order valence-corrected chi connectivity index (χ0v) is 18.9. The van der Waals surface area contributed by atoms with Gasteiger partial charge in [-0.2, -0.15) is 10.2 Å². The minimum absolute atomic E-state index is 0.165. The molecule has 0 aromatic carbocycles. The molecule has 1 saturated heterocycles. The first-order chi connectivity index (χ1) is 16.2. The van der Waals surface area contributed by atoms with Gasteiger partial charge in [0.25, 0.3) is 5.92 Å². The molecule has 2 aliphatic rings. The highest BCUT2D eigenvalue weighted by Gasteiger charge is 2.71. The van der Waals surface area contributed by atoms with E-state index in [4.69, 9.17) is 14.2 Å². The Hall–Kier alpha value is -3.32. The second-order valence-electron chi connectivity index (χ2n) is 8.79. The molecule has 2 N–H and O–H groups in total. The molecule has 3 aromatic rings. The van der Waals surface area contributed by atoms with Crippen molar-refractivity contribution >= 4 is 23.2 Å². The van der Waals surface area contributed by atoms with E-state index in [-0.39, 0.29) is 19.1 Å². The van der Waals surface area contributed by atoms with E-state index < -0.39 is 23.7 Å². The van der Waals surface area contributed by atoms with Crippen LogP contribution in [0.5, 0.6) is 0 Å². The Morgan fingerprint density at radius 1 is 1.44 bits per heavy atom. The molecule has 2 fully saturated rings. The Balaban J connectivity index is 1.21. The van der Waals surface area contributed by atoms with E-state index in [1.165, 1.54) is 14.0 Å². The van der Waals surface area contributed by atoms with Crippen molar-refractivity contribution in [2.75, 3.05) is 26.1 Å². The summed E-state index contributed by atoms with van der Waals surface area (Å²) < 4.78 is 45.1. The topological polar surface area (TPSA) is 119 Å². The molecule has 3 aromatic heterocycles. The number of methoxy groups -OCH3 is 1. The van der Waals surface area contributed by atoms with Crippen LogP contribution in [-0.2, 0) is 20.8 Å². The fourth-order valence-electron chi connectivity index (χ4n) is 4.05. The molecule has 0 radical (unpaired) electrons. The van der Waals surface area contributed by atoms with Gasteiger partial charge >= 0.3 is 6.09 Å². The van der Waals surface area contributed by atoms with Gasteiger partial charge in [-0.1, -0.05) is 0 Å². The summed E-state index contributed by atoms with van der Waals surface area (Å²) in [7, 11) is 2.93. The van der Waals surface area contributed by atoms with Gasteiger partial charge < -0.3 is 19.5 Å². The molecule has 4 heterocycles. The second-order valence-corrected chi connectivity index (χ2v) is 8.79. The van der Waals surface area contributed by atoms with Gasteiger partial charge in [0.15, 0.2) is 11.6 Å². The van der Waals surface area contributed by atoms with Gasteiger partial charge in [-0.25, -0.2) is 23.1 Å². The van der Waals surface area contributed by atoms with Crippen LogP contribution in [0, 0.1) is 0 Å². The summed E-state index contributed by atoms with van der Waals surface area (Å²) in [5.41, 5.74) is 0.730. The molecule has 0 bridgehead atoms. The van der Waals surface area contributed by atoms with E-state index in [1.807, 2.05) is 6.07 Å². The van der Waals surface area contributed by atoms with Gasteiger partial charge in [0.2, 0.25) is 0 Å². The summed E-state index contributed by atoms with van der Waals surface area (Å²) in [5, 5.41) is 14.8. The van der Waals surface area contributed by atoms with Gasteiger partial charge in [0.1, 0.15) is 23.3 Å². The summed E-state index contributed by atoms with van der Waals surface area (Å²) in [6.45, 7) is 1.90. The number of halogens is 2. The number of hydrogen-bond acceptors (Lipinski definition) is 8. The number of nitrogens with one attached hydrogen (secondary N) is 2. The predicted octanol–water partition coefficient (Wildman–Crippen LogP) is 3.04. The second kappa shape index (κ2) is 8.17. The number of aromatic amines is 1. The number of nitrogens with zero attached hydrogens (tertiary/aromatic N) is 5. The van der Waals surface area contributed by atoms with Crippen molar-refractivity contribution in [3.8, 4) is 0 Å². The summed E-state index contributed by atoms with van der Waals surface area (Å²) in [5.74, 6) is -1.79. The average Bonchev–Trinajstić information content (AvgIpc) is 3.33. The maximum Gasteiger partial charge on any atom is 0.410 e. The first-order valence-electron chi connectivity index (χ1n) is 10.8. The smallest absolute Gasteiger partial charge is 0.410 e. The lowest BCUT2D eigenvalue weighted by molar-refractivity contribution is 0.0146. The minimum Gasteiger partial charge on any atom is -0.444 e. The van der Waals surface area contributed by atoms with Crippen LogP contribution in [0.1, 0.15) is 37.3 Å². The van der Waals surface area contributed by atoms with Crippen molar-refractivity contribution < 1.29 is 27.8 Å². The predicted molar refractivity (Wildman–Crippen MR) is 115 cm³/mol. The van der Waals surface area contributed by atoms with Crippen LogP contribution in [0.3, 0.4) is 0 Å². The lowest BCUT2D eigenvalue weighted by Gasteiger charge is -2.25. The molecule has 1 aliphatic carbocycles. The Kier molecular flexibility index (Phi) is 5.40. The van der Waals surface area contributed by atoms with Crippen LogP contribution in [0.2, 0.25) is 0 Å². The first kappa shape index (κ1) is 22.5. The van der Waals surface area contributed by atoms with Crippen molar-refractivity contribution in [1.82, 2.24) is 29.7 Å². The maximum atomic E-state index is 13.6. The van der Waals surface area contributed by atoms with Crippen LogP contribution in [0.15, 0.2) is 24.5 Å². The highest BCUT2D eigenvalue weighted by molar-refractivity contribution is 5.72. The monoisotopic (exact) mass is 477 g/mol. The summed E-state index contributed by atoms with van der Waals surface area (Å²) in [6, 6.07) is 3.66. The number of carbonyl (C=O) groups is 1. The van der Waals surface area contributed by atoms with E-state index in [0.717, 1.165) is 16.1 Å². The number of aromatic nitrogens is 5. The molecule has 1 amide bonds. The summed E-state index contributed by atoms with van der Waals surface area (Å²) in [6.07, 6.45) is 1.67. The Labute approximate surface area is 193 Å². The number of rotatable bonds is 7. The number of carbonyl (C=O) groups excluding carboxylic acids is 1. The van der Waals surface area contributed by atoms with Gasteiger partial charge in [-0.15, -0.1) is 0 Å². The van der Waals surface area contributed by atoms with Crippen LogP contribution >= 0.6 is 0 Å². The number of ether oxygens (including phenoxy) is 3. The average molecular weight is 477 g/mol. The third kappa shape index (κ3) is 3.94. The number of anilines is 2. The van der Waals surface area contributed by atoms with E-state index in [1.54, 1.807) is 30.1 Å². The third-order valence-electron chi connectivity index (χ3n) is 6.39. The molecule has 13 heteroatoms. The minimum atomic E-state index is -2.89. The van der Waals surface area contributed by atoms with Crippen LogP contribution in [0.4, 0.5) is 25.2 Å². The first-order valence-corrected chi connectivity index (χ1v) is 10.8. The van der Waals surface area contributed by atoms with Crippen molar-refractivity contribution in [1.29, 1.82) is 0 Å². The van der Waals surface area contributed by atoms with Gasteiger partial charge in [-0.05, 0) is 13.0 Å². The van der Waals surface area contributed by atoms with Crippen LogP contribution < -0.4 is 5.32 Å². The number of amides is 1. The Morgan fingerprint density at radius 3 is 2.97 bits per heavy atom. The number of H-pyrrole nitrogens is 1. The normalized spacial score (nSPS) is 25.4. The molecular formula is C21H25F2N7O4. The van der Waals surface area contributed by atoms with Gasteiger partial charge in [-0.3, -0.25) is 10.00 Å². The molecule has 2 unspecified atom stereocenters. The van der Waals surface area contributed by atoms with Crippen molar-refractivity contribution in [2.24, 2.45) is 0 Å². The SMILES string of the molecule is COCc1cc2c(Nc3cc(C4CC(OC(=O)N(C)[C@]5(C)CC5(F)F)CO4)[nH]n3)nccn2n1. The third-order valence-corrected chi connectivity index (χ3v) is 6.39. The summed E-state index contributed by atoms with van der Waals surface area (Å²) in [4.78, 5) is 17.7. The van der Waals surface area contributed by atoms with Crippen LogP contribution in [-0.4, -0.2) is 74.1 Å². The lowest BCUT2D eigenvalue weighted by atomic mass is 10.1. The fourth-order valence-corrected chi connectivity index (χ4v) is 4.05. The number of fused-ring (bicyclic) bond motifs is 1. The van der Waals surface area contributed by atoms with E-state index in [0.29, 0.717) is 30.4 Å². The lowest BCUT2D eigenvalue weighted by Crippen LogP contribution is -2.42. The quantitative estimate of drug-likeness (QED) is 0.533. The number of hydrogen-bond donors (Lipinski definition) is 2. The fraction of sp³-hybridized carbons (Fsp3) is 0.524. The van der Waals surface area contributed by atoms with Crippen molar-refractivity contribution in [3.05, 3.63) is 35.9 Å². The van der Waals surface area contributed by atoms with E-state index in [2.05, 4.69) is 25.6 Å². The Bertz CT molecular complexity index is 1210. The molecule has 34 heavy (non-hydrogen) atoms. The molecule has 182 valence electrons. The van der Waals surface area contributed by atoms with Crippen LogP contribution in [0.25, 0.3) is 5.52 Å². The zero-order valence-electron chi connectivity index (χ0n) is 18.9. The molecule has 3 atom stereocenters. The molecular weight excluding hydrogens is 452 g/mol. The highest BCUT2D eigenvalue weighted by Crippen LogP contribution is 2.56. The number of alkyl halides is 2. The van der Waals surface area contributed by atoms with Gasteiger partial charge in [0, 0.05) is 45.5 Å². The largest absolute Gasteiger partial charge is 0.444 e. The molecule has 1 aliphatic heterocycles. The molecule has 5 rings (SSSR count). The molecule has 1 saturated carbocycles. The molecule has 0 spiro atoms. The van der Waals surface area contributed by atoms with Crippen molar-refractivity contribution in [2.45, 2.75) is 50.0 Å². The van der Waals surface area contributed by atoms with E-state index in [9.17, 15) is 13.6 Å². The Morgan fingerprint density at radius 2 is 2.24 bits per heavy atom. The zero-order chi connectivity index (χ0) is 24.1. The maximum absolute atomic E-state index is 13.6. The van der Waals surface area contributed by atoms with E-state index >= 15 is 0 Å². The standard InChI is InChI=1S/C21H25F2N7O4/c1-20(11-21(20,22)23)29(2)19(31)34-13-7-16(33-10-13)14-8-17(27-26-14)25-18-15-6-12(9-32-3)28-30(15)5-4-24-18/h4-6,8,13,16H,7,9-11H2,1-3H3,(H2,24,25,26,27)/t13?,16?,20-/m1/s1. The summed E-state index contributed by atoms with van der Waals surface area (Å²) >= 11 is 0. The van der Waals surface area contributed by atoms with Crippen molar-refractivity contribution in [3.63, 3.8) is 0 Å². The highest BCUT2D eigenvalue weighted by atomic mass is 19.3. The molecule has 11 nitrogen and oxygen atoms in total. The van der Waals surface area contributed by atoms with Gasteiger partial charge in [0.05, 0.1) is 24.6 Å².